The number of halogens is 2. The molecule has 0 spiro atoms. The number of hydrogen-bond acceptors (Lipinski definition) is 2. The second-order valence-electron chi connectivity index (χ2n) is 2.74. The fourth-order valence-electron chi connectivity index (χ4n) is 1.03. The Kier molecular flexibility index (Phi) is 3.90. The van der Waals surface area contributed by atoms with E-state index in [4.69, 9.17) is 0 Å². The Bertz CT molecular complexity index is 385. The molecule has 0 aliphatic rings. The van der Waals surface area contributed by atoms with Crippen LogP contribution in [0.5, 0.6) is 5.75 Å². The maximum Gasteiger partial charge on any atom is 0.276 e. The molecule has 82 valence electrons. The average Bonchev–Trinajstić information content (AvgIpc) is 2.18. The van der Waals surface area contributed by atoms with Crippen LogP contribution in [0.3, 0.4) is 0 Å². The lowest BCUT2D eigenvalue weighted by Crippen LogP contribution is -2.16. The third-order valence-corrected chi connectivity index (χ3v) is 1.91. The van der Waals surface area contributed by atoms with Gasteiger partial charge in [0.15, 0.2) is 11.6 Å². The minimum Gasteiger partial charge on any atom is -0.494 e. The summed E-state index contributed by atoms with van der Waals surface area (Å²) >= 11 is 3.44. The molecule has 1 rings (SSSR count). The molecule has 1 N–H and O–H groups in total. The predicted octanol–water partition coefficient (Wildman–Crippen LogP) is 2.11. The Labute approximate surface area is 90.8 Å². The molecule has 0 heterocycles. The minimum atomic E-state index is -0.678. The van der Waals surface area contributed by atoms with Crippen molar-refractivity contribution < 1.29 is 18.3 Å². The fourth-order valence-corrected chi connectivity index (χ4v) is 1.11. The van der Waals surface area contributed by atoms with Gasteiger partial charge in [-0.15, -0.1) is 0 Å². The van der Waals surface area contributed by atoms with E-state index in [1.807, 2.05) is 0 Å². The van der Waals surface area contributed by atoms with Crippen LogP contribution in [0.15, 0.2) is 12.1 Å². The molecule has 15 heavy (non-hydrogen) atoms. The number of methoxy groups -OCH3 is 1. The molecular formula is C9H9F2NO2S. The van der Waals surface area contributed by atoms with Gasteiger partial charge in [-0.3, -0.25) is 4.79 Å². The van der Waals surface area contributed by atoms with E-state index < -0.39 is 16.9 Å². The lowest BCUT2D eigenvalue weighted by molar-refractivity contribution is 0.260. The summed E-state index contributed by atoms with van der Waals surface area (Å²) in [5.41, 5.74) is 0.0377. The van der Waals surface area contributed by atoms with Gasteiger partial charge >= 0.3 is 0 Å². The Morgan fingerprint density at radius 2 is 2.13 bits per heavy atom. The van der Waals surface area contributed by atoms with Crippen molar-refractivity contribution in [3.63, 3.8) is 0 Å². The minimum absolute atomic E-state index is 0.0377. The van der Waals surface area contributed by atoms with Crippen molar-refractivity contribution >= 4 is 17.9 Å². The maximum absolute atomic E-state index is 13.2. The van der Waals surface area contributed by atoms with E-state index in [-0.39, 0.29) is 17.9 Å². The highest BCUT2D eigenvalue weighted by atomic mass is 32.1. The Balaban J connectivity index is 2.90. The molecule has 0 unspecified atom stereocenters. The van der Waals surface area contributed by atoms with Crippen LogP contribution in [0.25, 0.3) is 0 Å². The average molecular weight is 233 g/mol. The number of benzene rings is 1. The van der Waals surface area contributed by atoms with Gasteiger partial charge in [0.25, 0.3) is 5.24 Å². The molecule has 0 aliphatic heterocycles. The maximum atomic E-state index is 13.2. The summed E-state index contributed by atoms with van der Waals surface area (Å²) in [5, 5.41) is 1.64. The van der Waals surface area contributed by atoms with Crippen molar-refractivity contribution in [1.82, 2.24) is 5.32 Å². The second-order valence-corrected chi connectivity index (χ2v) is 3.14. The smallest absolute Gasteiger partial charge is 0.276 e. The summed E-state index contributed by atoms with van der Waals surface area (Å²) in [6.07, 6.45) is 0. The molecule has 0 saturated carbocycles. The van der Waals surface area contributed by atoms with E-state index >= 15 is 0 Å². The van der Waals surface area contributed by atoms with E-state index in [0.717, 1.165) is 12.1 Å². The van der Waals surface area contributed by atoms with Crippen molar-refractivity contribution in [2.45, 2.75) is 6.54 Å². The topological polar surface area (TPSA) is 38.3 Å². The van der Waals surface area contributed by atoms with Crippen molar-refractivity contribution in [2.75, 3.05) is 7.11 Å². The van der Waals surface area contributed by atoms with Crippen molar-refractivity contribution in [3.8, 4) is 5.75 Å². The van der Waals surface area contributed by atoms with Gasteiger partial charge in [0.2, 0.25) is 0 Å². The summed E-state index contributed by atoms with van der Waals surface area (Å²) in [4.78, 5) is 10.4. The van der Waals surface area contributed by atoms with E-state index in [1.165, 1.54) is 7.11 Å². The van der Waals surface area contributed by atoms with E-state index in [9.17, 15) is 13.6 Å². The standard InChI is InChI=1S/C9H9F2NO2S/c1-14-8-3-6(10)5(2-7(8)11)4-12-9(13)15/h2-3H,4H2,1H3,(H2,12,13,15). The third-order valence-electron chi connectivity index (χ3n) is 1.75. The van der Waals surface area contributed by atoms with Crippen molar-refractivity contribution in [2.24, 2.45) is 0 Å². The molecule has 0 fully saturated rings. The van der Waals surface area contributed by atoms with Crippen LogP contribution in [-0.2, 0) is 6.54 Å². The zero-order valence-corrected chi connectivity index (χ0v) is 8.78. The van der Waals surface area contributed by atoms with Gasteiger partial charge in [-0.2, -0.15) is 0 Å². The molecule has 1 aromatic carbocycles. The molecule has 1 amide bonds. The first-order chi connectivity index (χ1) is 7.04. The molecule has 0 aromatic heterocycles. The molecule has 0 bridgehead atoms. The first-order valence-corrected chi connectivity index (χ1v) is 4.48. The van der Waals surface area contributed by atoms with E-state index in [2.05, 4.69) is 22.7 Å². The quantitative estimate of drug-likeness (QED) is 0.785. The number of hydrogen-bond donors (Lipinski definition) is 2. The SMILES string of the molecule is COc1cc(F)c(CNC(=O)S)cc1F. The van der Waals surface area contributed by atoms with Crippen LogP contribution < -0.4 is 10.1 Å². The van der Waals surface area contributed by atoms with Gasteiger partial charge in [-0.1, -0.05) is 12.6 Å². The van der Waals surface area contributed by atoms with Crippen molar-refractivity contribution in [3.05, 3.63) is 29.3 Å². The number of ether oxygens (including phenoxy) is 1. The van der Waals surface area contributed by atoms with Crippen LogP contribution in [0, 0.1) is 11.6 Å². The summed E-state index contributed by atoms with van der Waals surface area (Å²) in [6.45, 7) is -0.116. The third kappa shape index (κ3) is 3.09. The molecule has 6 heteroatoms. The summed E-state index contributed by atoms with van der Waals surface area (Å²) in [5.74, 6) is -1.49. The van der Waals surface area contributed by atoms with Crippen LogP contribution in [-0.4, -0.2) is 12.3 Å². The van der Waals surface area contributed by atoms with Gasteiger partial charge in [-0.25, -0.2) is 8.78 Å². The Morgan fingerprint density at radius 1 is 1.47 bits per heavy atom. The van der Waals surface area contributed by atoms with Crippen LogP contribution in [0.2, 0.25) is 0 Å². The van der Waals surface area contributed by atoms with Gasteiger partial charge in [-0.05, 0) is 6.07 Å². The summed E-state index contributed by atoms with van der Waals surface area (Å²) in [6, 6.07) is 1.90. The highest BCUT2D eigenvalue weighted by Gasteiger charge is 2.10. The zero-order valence-electron chi connectivity index (χ0n) is 7.88. The first-order valence-electron chi connectivity index (χ1n) is 4.03. The Hall–Kier alpha value is -1.30. The first kappa shape index (κ1) is 11.8. The molecule has 0 aliphatic carbocycles. The molecule has 3 nitrogen and oxygen atoms in total. The molecule has 0 atom stereocenters. The molecule has 0 saturated heterocycles. The number of nitrogens with one attached hydrogen (secondary N) is 1. The monoisotopic (exact) mass is 233 g/mol. The highest BCUT2D eigenvalue weighted by Crippen LogP contribution is 2.21. The lowest BCUT2D eigenvalue weighted by Gasteiger charge is -2.07. The molecule has 0 radical (unpaired) electrons. The van der Waals surface area contributed by atoms with Crippen LogP contribution in [0.4, 0.5) is 13.6 Å². The van der Waals surface area contributed by atoms with Gasteiger partial charge < -0.3 is 10.1 Å². The fraction of sp³-hybridized carbons (Fsp3) is 0.222. The number of amides is 1. The second kappa shape index (κ2) is 4.97. The Morgan fingerprint density at radius 3 is 2.67 bits per heavy atom. The molecule has 1 aromatic rings. The zero-order chi connectivity index (χ0) is 11.4. The molecular weight excluding hydrogens is 224 g/mol. The van der Waals surface area contributed by atoms with E-state index in [0.29, 0.717) is 0 Å². The predicted molar refractivity (Wildman–Crippen MR) is 54.1 cm³/mol. The van der Waals surface area contributed by atoms with Gasteiger partial charge in [0, 0.05) is 18.2 Å². The van der Waals surface area contributed by atoms with E-state index in [1.54, 1.807) is 0 Å². The van der Waals surface area contributed by atoms with Crippen LogP contribution >= 0.6 is 12.6 Å². The number of rotatable bonds is 3. The van der Waals surface area contributed by atoms with Crippen molar-refractivity contribution in [1.29, 1.82) is 0 Å². The number of carbonyl (C=O) groups is 1. The highest BCUT2D eigenvalue weighted by molar-refractivity contribution is 7.96. The van der Waals surface area contributed by atoms with Crippen LogP contribution in [0.1, 0.15) is 5.56 Å². The number of thiol groups is 1. The lowest BCUT2D eigenvalue weighted by atomic mass is 10.2. The summed E-state index contributed by atoms with van der Waals surface area (Å²) in [7, 11) is 1.24. The van der Waals surface area contributed by atoms with Gasteiger partial charge in [0.1, 0.15) is 5.82 Å². The number of carbonyl (C=O) groups excluding carboxylic acids is 1. The normalized spacial score (nSPS) is 9.87. The largest absolute Gasteiger partial charge is 0.494 e. The van der Waals surface area contributed by atoms with Gasteiger partial charge in [0.05, 0.1) is 7.11 Å². The summed E-state index contributed by atoms with van der Waals surface area (Å²) < 4.78 is 31.0.